The molecule has 1 fully saturated rings. The van der Waals surface area contributed by atoms with Crippen molar-refractivity contribution in [3.63, 3.8) is 0 Å². The second kappa shape index (κ2) is 5.59. The average Bonchev–Trinajstić information content (AvgIpc) is 2.73. The molecule has 1 saturated heterocycles. The molecule has 0 bridgehead atoms. The number of rotatable bonds is 4. The number of likely N-dealkylation sites (tertiary alicyclic amines) is 1. The van der Waals surface area contributed by atoms with Crippen LogP contribution in [0.4, 0.5) is 11.4 Å². The smallest absolute Gasteiger partial charge is 0.238 e. The van der Waals surface area contributed by atoms with Gasteiger partial charge in [0.05, 0.1) is 16.3 Å². The molecule has 0 aromatic heterocycles. The van der Waals surface area contributed by atoms with Crippen LogP contribution >= 0.6 is 0 Å². The Bertz CT molecular complexity index is 588. The zero-order chi connectivity index (χ0) is 14.9. The number of nitrogens with zero attached hydrogens (tertiary/aromatic N) is 2. The third-order valence-corrected chi connectivity index (χ3v) is 4.81. The van der Waals surface area contributed by atoms with E-state index in [9.17, 15) is 8.42 Å². The van der Waals surface area contributed by atoms with Gasteiger partial charge in [0, 0.05) is 19.6 Å². The lowest BCUT2D eigenvalue weighted by Crippen LogP contribution is -2.36. The summed E-state index contributed by atoms with van der Waals surface area (Å²) < 4.78 is 22.6. The summed E-state index contributed by atoms with van der Waals surface area (Å²) >= 11 is 0. The van der Waals surface area contributed by atoms with Gasteiger partial charge < -0.3 is 15.5 Å². The minimum absolute atomic E-state index is 0.0464. The normalized spacial score (nSPS) is 20.2. The van der Waals surface area contributed by atoms with E-state index in [4.69, 9.17) is 10.9 Å². The van der Waals surface area contributed by atoms with Crippen molar-refractivity contribution in [2.45, 2.75) is 23.8 Å². The third kappa shape index (κ3) is 3.23. The van der Waals surface area contributed by atoms with Crippen LogP contribution in [0.15, 0.2) is 23.1 Å². The average molecular weight is 298 g/mol. The topological polar surface area (TPSA) is 92.7 Å². The molecule has 20 heavy (non-hydrogen) atoms. The fourth-order valence-electron chi connectivity index (χ4n) is 2.68. The molecule has 0 spiro atoms. The number of hydrogen-bond acceptors (Lipinski definition) is 5. The van der Waals surface area contributed by atoms with Crippen LogP contribution in [-0.2, 0) is 10.0 Å². The van der Waals surface area contributed by atoms with Crippen molar-refractivity contribution in [1.29, 1.82) is 0 Å². The lowest BCUT2D eigenvalue weighted by molar-refractivity contribution is 0.314. The minimum atomic E-state index is -3.71. The van der Waals surface area contributed by atoms with Gasteiger partial charge in [0.2, 0.25) is 10.0 Å². The summed E-state index contributed by atoms with van der Waals surface area (Å²) in [5, 5.41) is 5.10. The van der Waals surface area contributed by atoms with Gasteiger partial charge in [-0.3, -0.25) is 0 Å². The number of sulfonamides is 1. The van der Waals surface area contributed by atoms with E-state index in [0.717, 1.165) is 18.8 Å². The van der Waals surface area contributed by atoms with Gasteiger partial charge in [-0.25, -0.2) is 13.6 Å². The Morgan fingerprint density at radius 3 is 2.65 bits per heavy atom. The molecule has 0 radical (unpaired) electrons. The van der Waals surface area contributed by atoms with Gasteiger partial charge in [-0.05, 0) is 44.6 Å². The van der Waals surface area contributed by atoms with Crippen molar-refractivity contribution >= 4 is 21.4 Å². The second-order valence-electron chi connectivity index (χ2n) is 5.42. The fourth-order valence-corrected chi connectivity index (χ4v) is 3.23. The molecular formula is C13H22N4O2S. The molecule has 0 amide bonds. The number of benzene rings is 1. The zero-order valence-electron chi connectivity index (χ0n) is 11.9. The number of likely N-dealkylation sites (N-methyl/N-ethyl adjacent to an activating group) is 2. The highest BCUT2D eigenvalue weighted by molar-refractivity contribution is 7.89. The molecule has 4 N–H and O–H groups in total. The van der Waals surface area contributed by atoms with Crippen molar-refractivity contribution in [1.82, 2.24) is 4.90 Å². The van der Waals surface area contributed by atoms with Crippen molar-refractivity contribution in [3.8, 4) is 0 Å². The monoisotopic (exact) mass is 298 g/mol. The highest BCUT2D eigenvalue weighted by Crippen LogP contribution is 2.26. The van der Waals surface area contributed by atoms with Crippen LogP contribution in [0.3, 0.4) is 0 Å². The molecule has 1 aliphatic heterocycles. The van der Waals surface area contributed by atoms with Crippen molar-refractivity contribution < 1.29 is 8.42 Å². The van der Waals surface area contributed by atoms with Gasteiger partial charge in [-0.2, -0.15) is 0 Å². The highest BCUT2D eigenvalue weighted by atomic mass is 32.2. The molecule has 1 aliphatic rings. The summed E-state index contributed by atoms with van der Waals surface area (Å²) in [6.07, 6.45) is 2.39. The first-order valence-electron chi connectivity index (χ1n) is 6.63. The number of anilines is 2. The van der Waals surface area contributed by atoms with Crippen LogP contribution in [0.1, 0.15) is 12.8 Å². The molecule has 1 aromatic carbocycles. The predicted molar refractivity (Wildman–Crippen MR) is 81.1 cm³/mol. The van der Waals surface area contributed by atoms with Crippen molar-refractivity contribution in [2.75, 3.05) is 37.8 Å². The molecular weight excluding hydrogens is 276 g/mol. The van der Waals surface area contributed by atoms with Crippen LogP contribution in [-0.4, -0.2) is 46.5 Å². The maximum atomic E-state index is 11.3. The summed E-state index contributed by atoms with van der Waals surface area (Å²) in [6.45, 7) is 1.99. The molecule has 7 heteroatoms. The lowest BCUT2D eigenvalue weighted by Gasteiger charge is -2.28. The SMILES string of the molecule is CN(CC1CCCN1C)c1ccc(S(N)(=O)=O)cc1N. The quantitative estimate of drug-likeness (QED) is 0.787. The van der Waals surface area contributed by atoms with Gasteiger partial charge >= 0.3 is 0 Å². The van der Waals surface area contributed by atoms with E-state index in [2.05, 4.69) is 16.8 Å². The second-order valence-corrected chi connectivity index (χ2v) is 6.98. The first kappa shape index (κ1) is 15.1. The molecule has 0 aliphatic carbocycles. The molecule has 1 atom stereocenters. The number of nitrogen functional groups attached to an aromatic ring is 1. The Morgan fingerprint density at radius 1 is 1.45 bits per heavy atom. The van der Waals surface area contributed by atoms with Crippen LogP contribution < -0.4 is 15.8 Å². The largest absolute Gasteiger partial charge is 0.397 e. The van der Waals surface area contributed by atoms with Gasteiger partial charge in [-0.15, -0.1) is 0 Å². The minimum Gasteiger partial charge on any atom is -0.397 e. The van der Waals surface area contributed by atoms with Crippen LogP contribution in [0.2, 0.25) is 0 Å². The van der Waals surface area contributed by atoms with E-state index >= 15 is 0 Å². The first-order valence-corrected chi connectivity index (χ1v) is 8.17. The summed E-state index contributed by atoms with van der Waals surface area (Å²) in [5.74, 6) is 0. The lowest BCUT2D eigenvalue weighted by atomic mass is 10.2. The summed E-state index contributed by atoms with van der Waals surface area (Å²) in [5.41, 5.74) is 7.21. The standard InChI is InChI=1S/C13H22N4O2S/c1-16-7-3-4-10(16)9-17(2)13-6-5-11(8-12(13)14)20(15,18)19/h5-6,8,10H,3-4,7,9,14H2,1-2H3,(H2,15,18,19). The molecule has 112 valence electrons. The molecule has 1 aromatic rings. The van der Waals surface area contributed by atoms with Gasteiger partial charge in [0.15, 0.2) is 0 Å². The van der Waals surface area contributed by atoms with Crippen LogP contribution in [0.25, 0.3) is 0 Å². The van der Waals surface area contributed by atoms with E-state index in [1.807, 2.05) is 7.05 Å². The Hall–Kier alpha value is -1.31. The Labute approximate surface area is 120 Å². The van der Waals surface area contributed by atoms with E-state index in [1.165, 1.54) is 25.0 Å². The van der Waals surface area contributed by atoms with E-state index in [-0.39, 0.29) is 4.90 Å². The molecule has 6 nitrogen and oxygen atoms in total. The first-order chi connectivity index (χ1) is 9.29. The third-order valence-electron chi connectivity index (χ3n) is 3.89. The summed E-state index contributed by atoms with van der Waals surface area (Å²) in [7, 11) is 0.385. The fraction of sp³-hybridized carbons (Fsp3) is 0.538. The number of primary sulfonamides is 1. The van der Waals surface area contributed by atoms with E-state index < -0.39 is 10.0 Å². The molecule has 1 heterocycles. The predicted octanol–water partition coefficient (Wildman–Crippen LogP) is 0.447. The van der Waals surface area contributed by atoms with Crippen LogP contribution in [0.5, 0.6) is 0 Å². The van der Waals surface area contributed by atoms with Crippen molar-refractivity contribution in [2.24, 2.45) is 5.14 Å². The van der Waals surface area contributed by atoms with Gasteiger partial charge in [0.25, 0.3) is 0 Å². The van der Waals surface area contributed by atoms with Crippen molar-refractivity contribution in [3.05, 3.63) is 18.2 Å². The van der Waals surface area contributed by atoms with Gasteiger partial charge in [-0.1, -0.05) is 0 Å². The van der Waals surface area contributed by atoms with Gasteiger partial charge in [0.1, 0.15) is 0 Å². The highest BCUT2D eigenvalue weighted by Gasteiger charge is 2.23. The van der Waals surface area contributed by atoms with E-state index in [0.29, 0.717) is 11.7 Å². The Morgan fingerprint density at radius 2 is 2.15 bits per heavy atom. The molecule has 0 saturated carbocycles. The van der Waals surface area contributed by atoms with E-state index in [1.54, 1.807) is 6.07 Å². The zero-order valence-corrected chi connectivity index (χ0v) is 12.7. The summed E-state index contributed by atoms with van der Waals surface area (Å²) in [6, 6.07) is 5.14. The molecule has 1 unspecified atom stereocenters. The van der Waals surface area contributed by atoms with Crippen LogP contribution in [0, 0.1) is 0 Å². The number of hydrogen-bond donors (Lipinski definition) is 2. The maximum Gasteiger partial charge on any atom is 0.238 e. The maximum absolute atomic E-state index is 11.3. The molecule has 2 rings (SSSR count). The Kier molecular flexibility index (Phi) is 4.22. The Balaban J connectivity index is 2.16. The summed E-state index contributed by atoms with van der Waals surface area (Å²) in [4.78, 5) is 4.45. The number of nitrogens with two attached hydrogens (primary N) is 2.